The second-order valence-corrected chi connectivity index (χ2v) is 5.89. The molecule has 20 heavy (non-hydrogen) atoms. The van der Waals surface area contributed by atoms with Crippen LogP contribution in [0.5, 0.6) is 0 Å². The molecule has 1 fully saturated rings. The molecular formula is C15H22ClN3O. The number of amides is 1. The number of carbonyl (C=O) groups is 1. The van der Waals surface area contributed by atoms with E-state index in [0.29, 0.717) is 29.0 Å². The number of nitrogen functional groups attached to an aromatic ring is 1. The monoisotopic (exact) mass is 295 g/mol. The minimum Gasteiger partial charge on any atom is -0.397 e. The fourth-order valence-corrected chi connectivity index (χ4v) is 2.75. The second-order valence-electron chi connectivity index (χ2n) is 5.45. The molecule has 0 aromatic heterocycles. The molecule has 1 unspecified atom stereocenters. The quantitative estimate of drug-likeness (QED) is 0.842. The summed E-state index contributed by atoms with van der Waals surface area (Å²) in [5.41, 5.74) is 6.96. The Bertz CT molecular complexity index is 478. The number of nitrogens with one attached hydrogen (secondary N) is 1. The van der Waals surface area contributed by atoms with Crippen LogP contribution in [0.3, 0.4) is 0 Å². The van der Waals surface area contributed by atoms with Gasteiger partial charge >= 0.3 is 0 Å². The van der Waals surface area contributed by atoms with Gasteiger partial charge in [0.15, 0.2) is 0 Å². The van der Waals surface area contributed by atoms with Crippen molar-refractivity contribution in [1.29, 1.82) is 0 Å². The van der Waals surface area contributed by atoms with E-state index in [1.54, 1.807) is 18.2 Å². The molecule has 4 nitrogen and oxygen atoms in total. The topological polar surface area (TPSA) is 58.4 Å². The van der Waals surface area contributed by atoms with E-state index >= 15 is 0 Å². The highest BCUT2D eigenvalue weighted by molar-refractivity contribution is 6.31. The highest BCUT2D eigenvalue weighted by atomic mass is 35.5. The van der Waals surface area contributed by atoms with E-state index in [2.05, 4.69) is 17.1 Å². The first-order valence-corrected chi connectivity index (χ1v) is 7.53. The number of hydrogen-bond donors (Lipinski definition) is 2. The van der Waals surface area contributed by atoms with Gasteiger partial charge in [-0.3, -0.25) is 9.69 Å². The van der Waals surface area contributed by atoms with E-state index < -0.39 is 0 Å². The van der Waals surface area contributed by atoms with Crippen molar-refractivity contribution in [2.45, 2.75) is 38.6 Å². The Morgan fingerprint density at radius 1 is 1.45 bits per heavy atom. The Labute approximate surface area is 125 Å². The van der Waals surface area contributed by atoms with Gasteiger partial charge in [0.05, 0.1) is 17.9 Å². The van der Waals surface area contributed by atoms with Crippen LogP contribution in [0.1, 0.15) is 32.6 Å². The molecule has 1 aromatic rings. The summed E-state index contributed by atoms with van der Waals surface area (Å²) >= 11 is 5.92. The number of rotatable bonds is 3. The van der Waals surface area contributed by atoms with Gasteiger partial charge in [-0.2, -0.15) is 0 Å². The van der Waals surface area contributed by atoms with Gasteiger partial charge in [0.25, 0.3) is 0 Å². The van der Waals surface area contributed by atoms with Crippen molar-refractivity contribution in [1.82, 2.24) is 4.90 Å². The molecule has 1 aliphatic rings. The van der Waals surface area contributed by atoms with E-state index in [-0.39, 0.29) is 5.91 Å². The van der Waals surface area contributed by atoms with Crippen molar-refractivity contribution in [3.8, 4) is 0 Å². The molecule has 0 bridgehead atoms. The fraction of sp³-hybridized carbons (Fsp3) is 0.533. The maximum atomic E-state index is 12.2. The SMILES string of the molecule is CC1CCCCCN1CC(=O)Nc1cc(Cl)ccc1N. The van der Waals surface area contributed by atoms with Crippen LogP contribution in [0.15, 0.2) is 18.2 Å². The van der Waals surface area contributed by atoms with E-state index in [4.69, 9.17) is 17.3 Å². The number of hydrogen-bond acceptors (Lipinski definition) is 3. The summed E-state index contributed by atoms with van der Waals surface area (Å²) in [7, 11) is 0. The predicted octanol–water partition coefficient (Wildman–Crippen LogP) is 3.13. The Morgan fingerprint density at radius 3 is 3.05 bits per heavy atom. The average molecular weight is 296 g/mol. The maximum absolute atomic E-state index is 12.2. The van der Waals surface area contributed by atoms with Crippen LogP contribution in [0.2, 0.25) is 5.02 Å². The molecule has 5 heteroatoms. The third kappa shape index (κ3) is 4.12. The number of anilines is 2. The van der Waals surface area contributed by atoms with Crippen LogP contribution in [-0.2, 0) is 4.79 Å². The third-order valence-corrected chi connectivity index (χ3v) is 4.06. The molecule has 1 atom stereocenters. The summed E-state index contributed by atoms with van der Waals surface area (Å²) in [6, 6.07) is 5.55. The van der Waals surface area contributed by atoms with Gasteiger partial charge in [-0.15, -0.1) is 0 Å². The van der Waals surface area contributed by atoms with E-state index in [0.717, 1.165) is 19.4 Å². The van der Waals surface area contributed by atoms with Crippen molar-refractivity contribution in [2.24, 2.45) is 0 Å². The highest BCUT2D eigenvalue weighted by Crippen LogP contribution is 2.23. The second kappa shape index (κ2) is 6.95. The number of halogens is 1. The lowest BCUT2D eigenvalue weighted by Gasteiger charge is -2.26. The lowest BCUT2D eigenvalue weighted by Crippen LogP contribution is -2.39. The molecule has 1 aliphatic heterocycles. The minimum absolute atomic E-state index is 0.0345. The molecule has 2 rings (SSSR count). The van der Waals surface area contributed by atoms with Crippen molar-refractivity contribution < 1.29 is 4.79 Å². The van der Waals surface area contributed by atoms with Crippen molar-refractivity contribution in [2.75, 3.05) is 24.1 Å². The molecular weight excluding hydrogens is 274 g/mol. The van der Waals surface area contributed by atoms with Gasteiger partial charge < -0.3 is 11.1 Å². The standard InChI is InChI=1S/C15H22ClN3O/c1-11-5-3-2-4-8-19(11)10-15(20)18-14-9-12(16)6-7-13(14)17/h6-7,9,11H,2-5,8,10,17H2,1H3,(H,18,20). The zero-order valence-electron chi connectivity index (χ0n) is 11.9. The first kappa shape index (κ1) is 15.1. The van der Waals surface area contributed by atoms with Gasteiger partial charge in [-0.1, -0.05) is 24.4 Å². The smallest absolute Gasteiger partial charge is 0.238 e. The number of nitrogens with two attached hydrogens (primary N) is 1. The molecule has 3 N–H and O–H groups in total. The fourth-order valence-electron chi connectivity index (χ4n) is 2.58. The van der Waals surface area contributed by atoms with E-state index in [9.17, 15) is 4.79 Å². The van der Waals surface area contributed by atoms with Gasteiger partial charge in [-0.25, -0.2) is 0 Å². The van der Waals surface area contributed by atoms with Crippen molar-refractivity contribution in [3.63, 3.8) is 0 Å². The molecule has 1 heterocycles. The molecule has 0 radical (unpaired) electrons. The first-order valence-electron chi connectivity index (χ1n) is 7.15. The van der Waals surface area contributed by atoms with Gasteiger partial charge in [0.2, 0.25) is 5.91 Å². The summed E-state index contributed by atoms with van der Waals surface area (Å²) in [6.45, 7) is 3.58. The zero-order valence-corrected chi connectivity index (χ0v) is 12.6. The summed E-state index contributed by atoms with van der Waals surface area (Å²) in [5, 5.41) is 3.42. The van der Waals surface area contributed by atoms with Crippen molar-refractivity contribution in [3.05, 3.63) is 23.2 Å². The Kier molecular flexibility index (Phi) is 5.26. The van der Waals surface area contributed by atoms with Crippen LogP contribution in [0.25, 0.3) is 0 Å². The average Bonchev–Trinajstić information content (AvgIpc) is 2.59. The molecule has 0 saturated carbocycles. The Balaban J connectivity index is 1.96. The van der Waals surface area contributed by atoms with Crippen LogP contribution in [-0.4, -0.2) is 29.9 Å². The molecule has 1 amide bonds. The Hall–Kier alpha value is -1.26. The number of likely N-dealkylation sites (tertiary alicyclic amines) is 1. The molecule has 110 valence electrons. The van der Waals surface area contributed by atoms with Gasteiger partial charge in [0.1, 0.15) is 0 Å². The lowest BCUT2D eigenvalue weighted by molar-refractivity contribution is -0.117. The maximum Gasteiger partial charge on any atom is 0.238 e. The lowest BCUT2D eigenvalue weighted by atomic mass is 10.1. The predicted molar refractivity (Wildman–Crippen MR) is 84.0 cm³/mol. The summed E-state index contributed by atoms with van der Waals surface area (Å²) < 4.78 is 0. The van der Waals surface area contributed by atoms with E-state index in [1.807, 2.05) is 0 Å². The van der Waals surface area contributed by atoms with E-state index in [1.165, 1.54) is 12.8 Å². The van der Waals surface area contributed by atoms with Gasteiger partial charge in [-0.05, 0) is 44.5 Å². The van der Waals surface area contributed by atoms with Gasteiger partial charge in [0, 0.05) is 11.1 Å². The van der Waals surface area contributed by atoms with Crippen LogP contribution < -0.4 is 11.1 Å². The highest BCUT2D eigenvalue weighted by Gasteiger charge is 2.19. The van der Waals surface area contributed by atoms with Crippen LogP contribution in [0, 0.1) is 0 Å². The third-order valence-electron chi connectivity index (χ3n) is 3.83. The van der Waals surface area contributed by atoms with Crippen molar-refractivity contribution >= 4 is 28.9 Å². The zero-order chi connectivity index (χ0) is 14.5. The number of nitrogens with zero attached hydrogens (tertiary/aromatic N) is 1. The summed E-state index contributed by atoms with van der Waals surface area (Å²) in [6.07, 6.45) is 4.83. The summed E-state index contributed by atoms with van der Waals surface area (Å²) in [5.74, 6) is -0.0345. The molecule has 0 spiro atoms. The molecule has 0 aliphatic carbocycles. The molecule has 1 saturated heterocycles. The number of carbonyl (C=O) groups excluding carboxylic acids is 1. The Morgan fingerprint density at radius 2 is 2.25 bits per heavy atom. The first-order chi connectivity index (χ1) is 9.56. The number of benzene rings is 1. The van der Waals surface area contributed by atoms with Crippen LogP contribution in [0.4, 0.5) is 11.4 Å². The van der Waals surface area contributed by atoms with Crippen LogP contribution >= 0.6 is 11.6 Å². The normalized spacial score (nSPS) is 20.4. The molecule has 1 aromatic carbocycles. The largest absolute Gasteiger partial charge is 0.397 e. The minimum atomic E-state index is -0.0345. The summed E-state index contributed by atoms with van der Waals surface area (Å²) in [4.78, 5) is 14.4.